The van der Waals surface area contributed by atoms with Crippen LogP contribution in [0.25, 0.3) is 0 Å². The molecule has 0 bridgehead atoms. The van der Waals surface area contributed by atoms with Crippen molar-refractivity contribution in [2.75, 3.05) is 40.4 Å². The topological polar surface area (TPSA) is 36.9 Å². The number of nitrogens with zero attached hydrogens (tertiary/aromatic N) is 2. The summed E-state index contributed by atoms with van der Waals surface area (Å²) in [6.07, 6.45) is 1.10. The molecule has 0 saturated carbocycles. The molecule has 1 saturated heterocycles. The van der Waals surface area contributed by atoms with Crippen LogP contribution in [0.5, 0.6) is 0 Å². The van der Waals surface area contributed by atoms with Crippen molar-refractivity contribution >= 4 is 29.9 Å². The van der Waals surface area contributed by atoms with Gasteiger partial charge in [-0.25, -0.2) is 4.39 Å². The Hall–Kier alpha value is -0.890. The highest BCUT2D eigenvalue weighted by molar-refractivity contribution is 14.0. The van der Waals surface area contributed by atoms with Gasteiger partial charge in [0, 0.05) is 45.1 Å². The predicted molar refractivity (Wildman–Crippen MR) is 108 cm³/mol. The summed E-state index contributed by atoms with van der Waals surface area (Å²) in [5, 5.41) is 3.38. The van der Waals surface area contributed by atoms with Crippen LogP contribution in [0.4, 0.5) is 4.39 Å². The van der Waals surface area contributed by atoms with Crippen LogP contribution < -0.4 is 5.32 Å². The maximum Gasteiger partial charge on any atom is 0.193 e. The van der Waals surface area contributed by atoms with Gasteiger partial charge in [-0.05, 0) is 18.1 Å². The van der Waals surface area contributed by atoms with Gasteiger partial charge in [0.05, 0.1) is 6.61 Å². The highest BCUT2D eigenvalue weighted by Crippen LogP contribution is 2.24. The van der Waals surface area contributed by atoms with Gasteiger partial charge in [0.25, 0.3) is 0 Å². The molecule has 0 aromatic heterocycles. The number of rotatable bonds is 5. The monoisotopic (exact) mass is 449 g/mol. The number of halogens is 2. The van der Waals surface area contributed by atoms with Crippen molar-refractivity contribution in [3.8, 4) is 0 Å². The van der Waals surface area contributed by atoms with Crippen LogP contribution in [0.3, 0.4) is 0 Å². The molecule has 6 heteroatoms. The molecule has 1 aliphatic rings. The van der Waals surface area contributed by atoms with E-state index in [2.05, 4.69) is 15.2 Å². The van der Waals surface area contributed by atoms with E-state index in [1.807, 2.05) is 33.0 Å². The largest absolute Gasteiger partial charge is 0.381 e. The quantitative estimate of drug-likeness (QED) is 0.426. The average Bonchev–Trinajstić information content (AvgIpc) is 3.01. The molecule has 1 aromatic rings. The lowest BCUT2D eigenvalue weighted by Gasteiger charge is -2.30. The lowest BCUT2D eigenvalue weighted by molar-refractivity contribution is 0.181. The van der Waals surface area contributed by atoms with E-state index in [1.54, 1.807) is 13.1 Å². The van der Waals surface area contributed by atoms with E-state index in [1.165, 1.54) is 6.07 Å². The third-order valence-corrected chi connectivity index (χ3v) is 4.42. The molecule has 1 aliphatic heterocycles. The first kappa shape index (κ1) is 21.2. The fraction of sp³-hybridized carbons (Fsp3) is 0.611. The summed E-state index contributed by atoms with van der Waals surface area (Å²) in [4.78, 5) is 6.47. The maximum absolute atomic E-state index is 14.0. The number of ether oxygens (including phenoxy) is 1. The van der Waals surface area contributed by atoms with E-state index < -0.39 is 0 Å². The van der Waals surface area contributed by atoms with Crippen LogP contribution in [0.2, 0.25) is 0 Å². The summed E-state index contributed by atoms with van der Waals surface area (Å²) in [5.41, 5.74) is 0.397. The first-order chi connectivity index (χ1) is 10.9. The number of guanidine groups is 1. The van der Waals surface area contributed by atoms with Crippen molar-refractivity contribution in [1.82, 2.24) is 10.2 Å². The molecule has 2 rings (SSSR count). The number of benzene rings is 1. The maximum atomic E-state index is 14.0. The fourth-order valence-corrected chi connectivity index (χ4v) is 2.99. The molecule has 136 valence electrons. The lowest BCUT2D eigenvalue weighted by Crippen LogP contribution is -2.45. The molecule has 4 nitrogen and oxygen atoms in total. The molecule has 0 spiro atoms. The van der Waals surface area contributed by atoms with Gasteiger partial charge in [-0.3, -0.25) is 4.99 Å². The van der Waals surface area contributed by atoms with Crippen molar-refractivity contribution in [3.63, 3.8) is 0 Å². The van der Waals surface area contributed by atoms with Gasteiger partial charge in [-0.1, -0.05) is 32.0 Å². The van der Waals surface area contributed by atoms with Gasteiger partial charge < -0.3 is 15.0 Å². The molecule has 0 aliphatic carbocycles. The van der Waals surface area contributed by atoms with Crippen molar-refractivity contribution in [3.05, 3.63) is 35.6 Å². The number of nitrogens with one attached hydrogen (secondary N) is 1. The van der Waals surface area contributed by atoms with Crippen LogP contribution in [-0.4, -0.2) is 51.3 Å². The van der Waals surface area contributed by atoms with Crippen molar-refractivity contribution < 1.29 is 9.13 Å². The van der Waals surface area contributed by atoms with E-state index in [9.17, 15) is 4.39 Å². The van der Waals surface area contributed by atoms with Crippen LogP contribution in [-0.2, 0) is 10.2 Å². The van der Waals surface area contributed by atoms with Crippen molar-refractivity contribution in [1.29, 1.82) is 0 Å². The standard InChI is InChI=1S/C18H28FN3O.HI/c1-18(2,15-7-5-6-8-16(15)19)13-21-17(20-3)22(4)11-14-9-10-23-12-14;/h5-8,14H,9-13H2,1-4H3,(H,20,21);1H. The summed E-state index contributed by atoms with van der Waals surface area (Å²) in [7, 11) is 3.81. The fourth-order valence-electron chi connectivity index (χ4n) is 2.99. The molecule has 1 fully saturated rings. The number of hydrogen-bond acceptors (Lipinski definition) is 2. The van der Waals surface area contributed by atoms with Crippen molar-refractivity contribution in [2.24, 2.45) is 10.9 Å². The Morgan fingerprint density at radius 1 is 1.42 bits per heavy atom. The summed E-state index contributed by atoms with van der Waals surface area (Å²) >= 11 is 0. The molecular formula is C18H29FIN3O. The molecule has 24 heavy (non-hydrogen) atoms. The van der Waals surface area contributed by atoms with Gasteiger partial charge in [-0.15, -0.1) is 24.0 Å². The van der Waals surface area contributed by atoms with Gasteiger partial charge in [0.2, 0.25) is 0 Å². The highest BCUT2D eigenvalue weighted by Gasteiger charge is 2.25. The molecule has 1 heterocycles. The Balaban J connectivity index is 0.00000288. The number of aliphatic imine (C=N–C) groups is 1. The first-order valence-corrected chi connectivity index (χ1v) is 8.18. The minimum atomic E-state index is -0.321. The molecule has 1 unspecified atom stereocenters. The summed E-state index contributed by atoms with van der Waals surface area (Å²) in [6, 6.07) is 6.96. The highest BCUT2D eigenvalue weighted by atomic mass is 127. The zero-order valence-electron chi connectivity index (χ0n) is 15.0. The Labute approximate surface area is 161 Å². The molecule has 1 aromatic carbocycles. The number of hydrogen-bond donors (Lipinski definition) is 1. The molecular weight excluding hydrogens is 420 g/mol. The van der Waals surface area contributed by atoms with Gasteiger partial charge in [0.1, 0.15) is 5.82 Å². The molecule has 1 atom stereocenters. The zero-order valence-corrected chi connectivity index (χ0v) is 17.3. The second-order valence-electron chi connectivity index (χ2n) is 6.87. The van der Waals surface area contributed by atoms with Crippen LogP contribution in [0, 0.1) is 11.7 Å². The predicted octanol–water partition coefficient (Wildman–Crippen LogP) is 3.27. The van der Waals surface area contributed by atoms with E-state index in [0.717, 1.165) is 37.7 Å². The second-order valence-corrected chi connectivity index (χ2v) is 6.87. The third-order valence-electron chi connectivity index (χ3n) is 4.42. The Morgan fingerprint density at radius 2 is 2.12 bits per heavy atom. The normalized spacial score (nSPS) is 18.2. The SMILES string of the molecule is CN=C(NCC(C)(C)c1ccccc1F)N(C)CC1CCOC1.I. The Kier molecular flexibility index (Phi) is 8.42. The Bertz CT molecular complexity index is 545. The molecule has 0 amide bonds. The summed E-state index contributed by atoms with van der Waals surface area (Å²) in [5.74, 6) is 1.23. The van der Waals surface area contributed by atoms with Gasteiger partial charge in [-0.2, -0.15) is 0 Å². The van der Waals surface area contributed by atoms with Crippen LogP contribution in [0.1, 0.15) is 25.8 Å². The third kappa shape index (κ3) is 5.58. The molecule has 0 radical (unpaired) electrons. The summed E-state index contributed by atoms with van der Waals surface area (Å²) in [6.45, 7) is 7.28. The van der Waals surface area contributed by atoms with Crippen molar-refractivity contribution in [2.45, 2.75) is 25.7 Å². The van der Waals surface area contributed by atoms with E-state index in [0.29, 0.717) is 12.5 Å². The van der Waals surface area contributed by atoms with Gasteiger partial charge in [0.15, 0.2) is 5.96 Å². The van der Waals surface area contributed by atoms with E-state index >= 15 is 0 Å². The van der Waals surface area contributed by atoms with E-state index in [4.69, 9.17) is 4.74 Å². The smallest absolute Gasteiger partial charge is 0.193 e. The Morgan fingerprint density at radius 3 is 2.71 bits per heavy atom. The average molecular weight is 449 g/mol. The minimum Gasteiger partial charge on any atom is -0.381 e. The zero-order chi connectivity index (χ0) is 16.9. The second kappa shape index (κ2) is 9.56. The minimum absolute atomic E-state index is 0. The summed E-state index contributed by atoms with van der Waals surface area (Å²) < 4.78 is 19.5. The van der Waals surface area contributed by atoms with E-state index in [-0.39, 0.29) is 35.2 Å². The van der Waals surface area contributed by atoms with Crippen LogP contribution >= 0.6 is 24.0 Å². The van der Waals surface area contributed by atoms with Crippen LogP contribution in [0.15, 0.2) is 29.3 Å². The lowest BCUT2D eigenvalue weighted by atomic mass is 9.84. The van der Waals surface area contributed by atoms with Gasteiger partial charge >= 0.3 is 0 Å². The first-order valence-electron chi connectivity index (χ1n) is 8.18. The molecule has 1 N–H and O–H groups in total.